The normalized spacial score (nSPS) is 10.9. The summed E-state index contributed by atoms with van der Waals surface area (Å²) in [4.78, 5) is 10.1. The van der Waals surface area contributed by atoms with E-state index < -0.39 is 0 Å². The van der Waals surface area contributed by atoms with E-state index in [2.05, 4.69) is 21.5 Å². The lowest BCUT2D eigenvalue weighted by atomic mass is 10.2. The maximum absolute atomic E-state index is 8.86. The summed E-state index contributed by atoms with van der Waals surface area (Å²) in [5, 5.41) is 9.86. The van der Waals surface area contributed by atoms with Gasteiger partial charge >= 0.3 is 0 Å². The Morgan fingerprint density at radius 2 is 2.15 bits per heavy atom. The average Bonchev–Trinajstić information content (AvgIpc) is 2.90. The molecular formula is C14H19N3OS2. The third-order valence-electron chi connectivity index (χ3n) is 3.00. The highest BCUT2D eigenvalue weighted by molar-refractivity contribution is 7.99. The Bertz CT molecular complexity index is 557. The van der Waals surface area contributed by atoms with Crippen LogP contribution in [0.2, 0.25) is 0 Å². The van der Waals surface area contributed by atoms with Crippen molar-refractivity contribution in [3.63, 3.8) is 0 Å². The minimum absolute atomic E-state index is 0.246. The molecule has 2 aromatic rings. The molecular weight excluding hydrogens is 290 g/mol. The second-order valence-electron chi connectivity index (χ2n) is 4.35. The third kappa shape index (κ3) is 3.77. The van der Waals surface area contributed by atoms with Gasteiger partial charge in [-0.15, -0.1) is 11.8 Å². The second kappa shape index (κ2) is 7.71. The summed E-state index contributed by atoms with van der Waals surface area (Å²) in [7, 11) is 0. The molecule has 108 valence electrons. The predicted octanol–water partition coefficient (Wildman–Crippen LogP) is 2.83. The van der Waals surface area contributed by atoms with Crippen molar-refractivity contribution in [1.29, 1.82) is 0 Å². The summed E-state index contributed by atoms with van der Waals surface area (Å²) >= 11 is 3.42. The van der Waals surface area contributed by atoms with Crippen LogP contribution in [0.1, 0.15) is 17.7 Å². The SMILES string of the molecule is CSc1nccn1Cc1nccc(SCCCO)c1C. The van der Waals surface area contributed by atoms with Gasteiger partial charge in [0.1, 0.15) is 0 Å². The minimum Gasteiger partial charge on any atom is -0.396 e. The van der Waals surface area contributed by atoms with Crippen molar-refractivity contribution in [3.8, 4) is 0 Å². The van der Waals surface area contributed by atoms with Crippen molar-refractivity contribution in [2.75, 3.05) is 18.6 Å². The molecule has 0 saturated carbocycles. The van der Waals surface area contributed by atoms with Gasteiger partial charge in [-0.05, 0) is 31.2 Å². The number of nitrogens with zero attached hydrogens (tertiary/aromatic N) is 3. The van der Waals surface area contributed by atoms with Crippen LogP contribution in [0.15, 0.2) is 34.7 Å². The minimum atomic E-state index is 0.246. The summed E-state index contributed by atoms with van der Waals surface area (Å²) in [6.07, 6.45) is 8.51. The molecule has 0 atom stereocenters. The first-order chi connectivity index (χ1) is 9.76. The lowest BCUT2D eigenvalue weighted by Crippen LogP contribution is -2.05. The zero-order valence-corrected chi connectivity index (χ0v) is 13.4. The Morgan fingerprint density at radius 1 is 1.30 bits per heavy atom. The van der Waals surface area contributed by atoms with Crippen molar-refractivity contribution in [1.82, 2.24) is 14.5 Å². The van der Waals surface area contributed by atoms with Crippen LogP contribution in [0.5, 0.6) is 0 Å². The van der Waals surface area contributed by atoms with Crippen LogP contribution < -0.4 is 0 Å². The van der Waals surface area contributed by atoms with Crippen LogP contribution in [0.4, 0.5) is 0 Å². The number of imidazole rings is 1. The molecule has 2 heterocycles. The van der Waals surface area contributed by atoms with Gasteiger partial charge in [0.15, 0.2) is 5.16 Å². The summed E-state index contributed by atoms with van der Waals surface area (Å²) in [6, 6.07) is 2.05. The highest BCUT2D eigenvalue weighted by atomic mass is 32.2. The van der Waals surface area contributed by atoms with Gasteiger partial charge in [0.25, 0.3) is 0 Å². The summed E-state index contributed by atoms with van der Waals surface area (Å²) in [5.41, 5.74) is 2.29. The van der Waals surface area contributed by atoms with Crippen molar-refractivity contribution >= 4 is 23.5 Å². The molecule has 0 aliphatic rings. The van der Waals surface area contributed by atoms with Gasteiger partial charge < -0.3 is 9.67 Å². The summed E-state index contributed by atoms with van der Waals surface area (Å²) in [6.45, 7) is 3.10. The van der Waals surface area contributed by atoms with Gasteiger partial charge in [0, 0.05) is 35.8 Å². The number of hydrogen-bond donors (Lipinski definition) is 1. The molecule has 0 aliphatic heterocycles. The molecule has 6 heteroatoms. The Kier molecular flexibility index (Phi) is 5.94. The predicted molar refractivity (Wildman–Crippen MR) is 84.5 cm³/mol. The van der Waals surface area contributed by atoms with E-state index in [1.807, 2.05) is 30.9 Å². The largest absolute Gasteiger partial charge is 0.396 e. The van der Waals surface area contributed by atoms with Crippen LogP contribution in [0.3, 0.4) is 0 Å². The van der Waals surface area contributed by atoms with Crippen molar-refractivity contribution in [3.05, 3.63) is 35.9 Å². The van der Waals surface area contributed by atoms with Crippen LogP contribution in [-0.2, 0) is 6.54 Å². The molecule has 0 aliphatic carbocycles. The van der Waals surface area contributed by atoms with Gasteiger partial charge in [-0.2, -0.15) is 0 Å². The first-order valence-electron chi connectivity index (χ1n) is 6.49. The summed E-state index contributed by atoms with van der Waals surface area (Å²) < 4.78 is 2.11. The van der Waals surface area contributed by atoms with Gasteiger partial charge in [-0.1, -0.05) is 11.8 Å². The average molecular weight is 309 g/mol. The third-order valence-corrected chi connectivity index (χ3v) is 4.95. The standard InChI is InChI=1S/C14H19N3OS2/c1-11-12(10-17-7-6-16-14(17)19-2)15-5-4-13(11)20-9-3-8-18/h4-7,18H,3,8-10H2,1-2H3. The molecule has 0 radical (unpaired) electrons. The lowest BCUT2D eigenvalue weighted by molar-refractivity contribution is 0.296. The monoisotopic (exact) mass is 309 g/mol. The molecule has 0 spiro atoms. The Balaban J connectivity index is 2.14. The molecule has 4 nitrogen and oxygen atoms in total. The van der Waals surface area contributed by atoms with E-state index in [1.165, 1.54) is 10.5 Å². The number of aliphatic hydroxyl groups is 1. The van der Waals surface area contributed by atoms with Crippen molar-refractivity contribution in [2.24, 2.45) is 0 Å². The highest BCUT2D eigenvalue weighted by Crippen LogP contribution is 2.25. The van der Waals surface area contributed by atoms with Crippen molar-refractivity contribution in [2.45, 2.75) is 29.9 Å². The number of hydrogen-bond acceptors (Lipinski definition) is 5. The number of pyridine rings is 1. The first-order valence-corrected chi connectivity index (χ1v) is 8.70. The molecule has 0 fully saturated rings. The quantitative estimate of drug-likeness (QED) is 0.629. The Morgan fingerprint density at radius 3 is 2.90 bits per heavy atom. The molecule has 0 amide bonds. The van der Waals surface area contributed by atoms with E-state index in [9.17, 15) is 0 Å². The van der Waals surface area contributed by atoms with E-state index in [4.69, 9.17) is 5.11 Å². The number of aliphatic hydroxyl groups excluding tert-OH is 1. The zero-order valence-electron chi connectivity index (χ0n) is 11.7. The molecule has 1 N–H and O–H groups in total. The van der Waals surface area contributed by atoms with E-state index in [0.717, 1.165) is 29.6 Å². The van der Waals surface area contributed by atoms with Crippen molar-refractivity contribution < 1.29 is 5.11 Å². The molecule has 20 heavy (non-hydrogen) atoms. The van der Waals surface area contributed by atoms with E-state index in [-0.39, 0.29) is 6.61 Å². The fraction of sp³-hybridized carbons (Fsp3) is 0.429. The second-order valence-corrected chi connectivity index (χ2v) is 6.26. The molecule has 0 aromatic carbocycles. The fourth-order valence-electron chi connectivity index (χ4n) is 1.89. The van der Waals surface area contributed by atoms with Crippen LogP contribution in [-0.4, -0.2) is 38.3 Å². The topological polar surface area (TPSA) is 50.9 Å². The summed E-state index contributed by atoms with van der Waals surface area (Å²) in [5.74, 6) is 0.932. The molecule has 0 saturated heterocycles. The van der Waals surface area contributed by atoms with Crippen LogP contribution in [0.25, 0.3) is 0 Å². The molecule has 2 aromatic heterocycles. The van der Waals surface area contributed by atoms with E-state index in [1.54, 1.807) is 23.5 Å². The number of rotatable bonds is 7. The van der Waals surface area contributed by atoms with E-state index in [0.29, 0.717) is 0 Å². The number of thioether (sulfide) groups is 2. The van der Waals surface area contributed by atoms with Gasteiger partial charge in [0.05, 0.1) is 12.2 Å². The molecule has 0 unspecified atom stereocenters. The molecule has 0 bridgehead atoms. The highest BCUT2D eigenvalue weighted by Gasteiger charge is 2.08. The lowest BCUT2D eigenvalue weighted by Gasteiger charge is -2.11. The Hall–Kier alpha value is -0.980. The Labute approximate surface area is 128 Å². The van der Waals surface area contributed by atoms with Crippen LogP contribution in [0, 0.1) is 6.92 Å². The zero-order chi connectivity index (χ0) is 14.4. The number of aromatic nitrogens is 3. The maximum Gasteiger partial charge on any atom is 0.168 e. The fourth-order valence-corrected chi connectivity index (χ4v) is 3.40. The van der Waals surface area contributed by atoms with Crippen LogP contribution >= 0.6 is 23.5 Å². The van der Waals surface area contributed by atoms with E-state index >= 15 is 0 Å². The first kappa shape index (κ1) is 15.4. The molecule has 2 rings (SSSR count). The smallest absolute Gasteiger partial charge is 0.168 e. The van der Waals surface area contributed by atoms with Gasteiger partial charge in [0.2, 0.25) is 0 Å². The van der Waals surface area contributed by atoms with Gasteiger partial charge in [-0.25, -0.2) is 4.98 Å². The maximum atomic E-state index is 8.86. The van der Waals surface area contributed by atoms with Gasteiger partial charge in [-0.3, -0.25) is 4.98 Å².